The van der Waals surface area contributed by atoms with Crippen LogP contribution in [0, 0.1) is 0 Å². The molecule has 0 saturated carbocycles. The predicted molar refractivity (Wildman–Crippen MR) is 118 cm³/mol. The molecule has 0 aliphatic carbocycles. The third-order valence-corrected chi connectivity index (χ3v) is 4.66. The van der Waals surface area contributed by atoms with E-state index in [0.29, 0.717) is 27.8 Å². The number of benzene rings is 1. The van der Waals surface area contributed by atoms with E-state index in [-0.39, 0.29) is 11.8 Å². The average Bonchev–Trinajstić information content (AvgIpc) is 3.23. The minimum atomic E-state index is -0.827. The molecule has 3 rings (SSSR count). The third-order valence-electron chi connectivity index (χ3n) is 3.82. The lowest BCUT2D eigenvalue weighted by atomic mass is 10.1. The van der Waals surface area contributed by atoms with E-state index in [1.165, 1.54) is 17.5 Å². The Hall–Kier alpha value is -2.81. The van der Waals surface area contributed by atoms with Gasteiger partial charge in [0, 0.05) is 10.4 Å². The van der Waals surface area contributed by atoms with Crippen molar-refractivity contribution in [2.75, 3.05) is 10.6 Å². The van der Waals surface area contributed by atoms with Crippen molar-refractivity contribution in [2.24, 2.45) is 0 Å². The van der Waals surface area contributed by atoms with E-state index in [9.17, 15) is 9.59 Å². The van der Waals surface area contributed by atoms with Crippen LogP contribution >= 0.6 is 22.9 Å². The molecule has 30 heavy (non-hydrogen) atoms. The topological polar surface area (TPSA) is 93.2 Å². The average molecular weight is 445 g/mol. The molecule has 0 bridgehead atoms. The first-order valence-corrected chi connectivity index (χ1v) is 10.4. The van der Waals surface area contributed by atoms with Crippen molar-refractivity contribution in [2.45, 2.75) is 32.5 Å². The van der Waals surface area contributed by atoms with Gasteiger partial charge in [0.05, 0.1) is 23.0 Å². The van der Waals surface area contributed by atoms with Gasteiger partial charge in [-0.15, -0.1) is 11.3 Å². The fraction of sp³-hybridized carbons (Fsp3) is 0.238. The second-order valence-corrected chi connectivity index (χ2v) is 8.57. The normalized spacial score (nSPS) is 12.3. The summed E-state index contributed by atoms with van der Waals surface area (Å²) in [5, 5.41) is 7.68. The summed E-state index contributed by atoms with van der Waals surface area (Å²) in [5.41, 5.74) is 2.53. The number of carbonyl (C=O) groups excluding carboxylic acids is 2. The van der Waals surface area contributed by atoms with Crippen molar-refractivity contribution in [3.63, 3.8) is 0 Å². The Morgan fingerprint density at radius 3 is 2.37 bits per heavy atom. The Balaban J connectivity index is 1.70. The third kappa shape index (κ3) is 6.09. The number of ether oxygens (including phenoxy) is 1. The van der Waals surface area contributed by atoms with Crippen LogP contribution in [0.1, 0.15) is 42.9 Å². The van der Waals surface area contributed by atoms with Crippen LogP contribution in [0.15, 0.2) is 53.5 Å². The number of anilines is 2. The number of amides is 2. The molecule has 0 fully saturated rings. The molecule has 3 aromatic rings. The lowest BCUT2D eigenvalue weighted by molar-refractivity contribution is -0.137. The van der Waals surface area contributed by atoms with Crippen molar-refractivity contribution in [3.8, 4) is 0 Å². The van der Waals surface area contributed by atoms with E-state index in [1.54, 1.807) is 47.3 Å². The highest BCUT2D eigenvalue weighted by Gasteiger charge is 2.27. The molecule has 2 amide bonds. The number of pyridine rings is 1. The van der Waals surface area contributed by atoms with Gasteiger partial charge >= 0.3 is 0 Å². The van der Waals surface area contributed by atoms with E-state index in [4.69, 9.17) is 16.3 Å². The molecule has 1 atom stereocenters. The molecular formula is C21H21ClN4O3S. The van der Waals surface area contributed by atoms with Crippen LogP contribution in [0.25, 0.3) is 0 Å². The van der Waals surface area contributed by atoms with Gasteiger partial charge in [-0.3, -0.25) is 9.59 Å². The summed E-state index contributed by atoms with van der Waals surface area (Å²) in [6.07, 6.45) is 0.635. The first-order valence-electron chi connectivity index (χ1n) is 9.11. The quantitative estimate of drug-likeness (QED) is 0.561. The second-order valence-electron chi connectivity index (χ2n) is 7.41. The van der Waals surface area contributed by atoms with Crippen LogP contribution in [0.5, 0.6) is 0 Å². The van der Waals surface area contributed by atoms with Gasteiger partial charge in [0.1, 0.15) is 11.5 Å². The molecule has 2 heterocycles. The Morgan fingerprint density at radius 2 is 1.80 bits per heavy atom. The number of hydrogen-bond donors (Lipinski definition) is 2. The fourth-order valence-corrected chi connectivity index (χ4v) is 3.18. The second kappa shape index (κ2) is 9.34. The van der Waals surface area contributed by atoms with Crippen molar-refractivity contribution in [3.05, 3.63) is 69.8 Å². The van der Waals surface area contributed by atoms with E-state index in [0.717, 1.165) is 0 Å². The van der Waals surface area contributed by atoms with Crippen LogP contribution in [-0.2, 0) is 9.53 Å². The van der Waals surface area contributed by atoms with Crippen LogP contribution in [0.3, 0.4) is 0 Å². The van der Waals surface area contributed by atoms with Gasteiger partial charge in [0.2, 0.25) is 0 Å². The van der Waals surface area contributed by atoms with Crippen LogP contribution in [0.4, 0.5) is 11.5 Å². The van der Waals surface area contributed by atoms with Gasteiger partial charge in [-0.2, -0.15) is 0 Å². The van der Waals surface area contributed by atoms with Gasteiger partial charge in [0.15, 0.2) is 6.10 Å². The Bertz CT molecular complexity index is 1000. The maximum atomic E-state index is 12.9. The molecule has 0 aliphatic rings. The zero-order valence-corrected chi connectivity index (χ0v) is 18.3. The zero-order chi connectivity index (χ0) is 21.7. The highest BCUT2D eigenvalue weighted by Crippen LogP contribution is 2.27. The first-order chi connectivity index (χ1) is 14.2. The maximum Gasteiger partial charge on any atom is 0.276 e. The van der Waals surface area contributed by atoms with Crippen LogP contribution in [-0.4, -0.2) is 27.4 Å². The molecule has 7 nitrogen and oxygen atoms in total. The summed E-state index contributed by atoms with van der Waals surface area (Å²) in [7, 11) is 0. The number of thiazole rings is 1. The molecule has 2 N–H and O–H groups in total. The first kappa shape index (κ1) is 21.9. The number of aromatic nitrogens is 2. The zero-order valence-electron chi connectivity index (χ0n) is 16.7. The number of carbonyl (C=O) groups is 2. The predicted octanol–water partition coefficient (Wildman–Crippen LogP) is 4.94. The minimum Gasteiger partial charge on any atom is -0.358 e. The summed E-state index contributed by atoms with van der Waals surface area (Å²) in [5.74, 6) is -0.332. The molecule has 2 aromatic heterocycles. The molecule has 1 unspecified atom stereocenters. The molecule has 1 aromatic carbocycles. The van der Waals surface area contributed by atoms with Crippen LogP contribution < -0.4 is 10.6 Å². The number of nitrogens with zero attached hydrogens (tertiary/aromatic N) is 2. The van der Waals surface area contributed by atoms with Crippen LogP contribution in [0.2, 0.25) is 5.02 Å². The van der Waals surface area contributed by atoms with Gasteiger partial charge in [-0.25, -0.2) is 9.97 Å². The SMILES string of the molecule is CC(C)(C)OC(C(=O)Nc1ccc(NC(=O)c2cscn2)nc1)c1ccc(Cl)cc1. The number of hydrogen-bond acceptors (Lipinski definition) is 6. The van der Waals surface area contributed by atoms with E-state index in [1.807, 2.05) is 20.8 Å². The maximum absolute atomic E-state index is 12.9. The van der Waals surface area contributed by atoms with Crippen molar-refractivity contribution < 1.29 is 14.3 Å². The summed E-state index contributed by atoms with van der Waals surface area (Å²) in [6.45, 7) is 5.64. The Kier molecular flexibility index (Phi) is 6.81. The van der Waals surface area contributed by atoms with E-state index >= 15 is 0 Å². The monoisotopic (exact) mass is 444 g/mol. The molecule has 0 spiro atoms. The molecule has 9 heteroatoms. The number of halogens is 1. The van der Waals surface area contributed by atoms with Crippen molar-refractivity contribution in [1.82, 2.24) is 9.97 Å². The molecule has 156 valence electrons. The number of rotatable bonds is 6. The highest BCUT2D eigenvalue weighted by atomic mass is 35.5. The summed E-state index contributed by atoms with van der Waals surface area (Å²) in [4.78, 5) is 33.1. The largest absolute Gasteiger partial charge is 0.358 e. The standard InChI is InChI=1S/C21H21ClN4O3S/c1-21(2,3)29-18(13-4-6-14(22)7-5-13)20(28)25-15-8-9-17(23-10-15)26-19(27)16-11-30-12-24-16/h4-12,18H,1-3H3,(H,25,28)(H,23,26,27). The van der Waals surface area contributed by atoms with Gasteiger partial charge in [-0.05, 0) is 50.6 Å². The Labute approximate surface area is 183 Å². The molecule has 0 radical (unpaired) electrons. The minimum absolute atomic E-state index is 0.323. The summed E-state index contributed by atoms with van der Waals surface area (Å²) < 4.78 is 5.98. The summed E-state index contributed by atoms with van der Waals surface area (Å²) >= 11 is 7.29. The lowest BCUT2D eigenvalue weighted by Crippen LogP contribution is -2.31. The number of nitrogens with one attached hydrogen (secondary N) is 2. The lowest BCUT2D eigenvalue weighted by Gasteiger charge is -2.27. The Morgan fingerprint density at radius 1 is 1.07 bits per heavy atom. The van der Waals surface area contributed by atoms with E-state index in [2.05, 4.69) is 20.6 Å². The fourth-order valence-electron chi connectivity index (χ4n) is 2.52. The summed E-state index contributed by atoms with van der Waals surface area (Å²) in [6, 6.07) is 10.2. The highest BCUT2D eigenvalue weighted by molar-refractivity contribution is 7.07. The van der Waals surface area contributed by atoms with Crippen molar-refractivity contribution >= 4 is 46.3 Å². The molecule has 0 aliphatic heterocycles. The van der Waals surface area contributed by atoms with Crippen molar-refractivity contribution in [1.29, 1.82) is 0 Å². The van der Waals surface area contributed by atoms with E-state index < -0.39 is 11.7 Å². The van der Waals surface area contributed by atoms with Gasteiger partial charge in [-0.1, -0.05) is 23.7 Å². The molecular weight excluding hydrogens is 424 g/mol. The van der Waals surface area contributed by atoms with Gasteiger partial charge in [0.25, 0.3) is 11.8 Å². The molecule has 0 saturated heterocycles. The van der Waals surface area contributed by atoms with Gasteiger partial charge < -0.3 is 15.4 Å². The smallest absolute Gasteiger partial charge is 0.276 e.